The highest BCUT2D eigenvalue weighted by molar-refractivity contribution is 7.47. The van der Waals surface area contributed by atoms with Crippen LogP contribution in [-0.4, -0.2) is 96.7 Å². The average molecular weight is 1500 g/mol. The smallest absolute Gasteiger partial charge is 0.462 e. The van der Waals surface area contributed by atoms with Crippen LogP contribution < -0.4 is 0 Å². The molecule has 0 bridgehead atoms. The van der Waals surface area contributed by atoms with E-state index in [0.29, 0.717) is 38.5 Å². The summed E-state index contributed by atoms with van der Waals surface area (Å²) >= 11 is 0. The number of hydrogen-bond donors (Lipinski definition) is 3. The third-order valence-electron chi connectivity index (χ3n) is 16.0. The van der Waals surface area contributed by atoms with Gasteiger partial charge in [0.15, 0.2) is 12.2 Å². The number of carbonyl (C=O) groups is 4. The first-order valence-corrected chi connectivity index (χ1v) is 42.7. The molecule has 0 aliphatic rings. The molecule has 0 amide bonds. The van der Waals surface area contributed by atoms with Gasteiger partial charge in [0.05, 0.1) is 26.4 Å². The Bertz CT molecular complexity index is 2590. The molecule has 5 atom stereocenters. The second kappa shape index (κ2) is 75.9. The van der Waals surface area contributed by atoms with E-state index in [4.69, 9.17) is 37.0 Å². The Morgan fingerprint density at radius 1 is 0.279 bits per heavy atom. The lowest BCUT2D eigenvalue weighted by Gasteiger charge is -2.21. The van der Waals surface area contributed by atoms with Crippen LogP contribution in [0.25, 0.3) is 0 Å². The normalized spacial score (nSPS) is 14.7. The lowest BCUT2D eigenvalue weighted by atomic mass is 10.0. The molecule has 0 aromatic heterocycles. The second-order valence-corrected chi connectivity index (χ2v) is 28.8. The van der Waals surface area contributed by atoms with Gasteiger partial charge in [-0.15, -0.1) is 0 Å². The van der Waals surface area contributed by atoms with Gasteiger partial charge in [0.1, 0.15) is 19.3 Å². The Hall–Kier alpha value is -5.32. The quantitative estimate of drug-likeness (QED) is 0.0169. The fourth-order valence-corrected chi connectivity index (χ4v) is 11.6. The monoisotopic (exact) mass is 1490 g/mol. The highest BCUT2D eigenvalue weighted by atomic mass is 31.2. The molecule has 104 heavy (non-hydrogen) atoms. The van der Waals surface area contributed by atoms with Crippen molar-refractivity contribution < 1.29 is 80.2 Å². The molecule has 0 fully saturated rings. The largest absolute Gasteiger partial charge is 0.472 e. The maximum Gasteiger partial charge on any atom is 0.472 e. The lowest BCUT2D eigenvalue weighted by molar-refractivity contribution is -0.161. The number of aliphatic hydroxyl groups is 1. The third kappa shape index (κ3) is 74.9. The van der Waals surface area contributed by atoms with Gasteiger partial charge in [-0.3, -0.25) is 37.3 Å². The maximum absolute atomic E-state index is 13.1. The van der Waals surface area contributed by atoms with Crippen molar-refractivity contribution in [3.8, 4) is 0 Å². The summed E-state index contributed by atoms with van der Waals surface area (Å²) in [7, 11) is -10.0. The highest BCUT2D eigenvalue weighted by Gasteiger charge is 2.30. The number of carbonyl (C=O) groups excluding carboxylic acids is 4. The maximum atomic E-state index is 13.1. The molecule has 19 heteroatoms. The van der Waals surface area contributed by atoms with E-state index in [9.17, 15) is 43.2 Å². The van der Waals surface area contributed by atoms with Crippen molar-refractivity contribution in [2.24, 2.45) is 0 Å². The number of unbranched alkanes of at least 4 members (excludes halogenated alkanes) is 21. The molecule has 3 N–H and O–H groups in total. The van der Waals surface area contributed by atoms with Gasteiger partial charge in [-0.05, 0) is 135 Å². The van der Waals surface area contributed by atoms with E-state index in [-0.39, 0.29) is 25.7 Å². The third-order valence-corrected chi connectivity index (χ3v) is 17.9. The van der Waals surface area contributed by atoms with Crippen molar-refractivity contribution in [3.63, 3.8) is 0 Å². The van der Waals surface area contributed by atoms with Crippen LogP contribution in [-0.2, 0) is 65.4 Å². The van der Waals surface area contributed by atoms with Gasteiger partial charge in [-0.2, -0.15) is 0 Å². The minimum absolute atomic E-state index is 0.00463. The Labute approximate surface area is 629 Å². The Morgan fingerprint density at radius 3 is 0.885 bits per heavy atom. The molecule has 592 valence electrons. The van der Waals surface area contributed by atoms with Crippen LogP contribution in [0.4, 0.5) is 0 Å². The van der Waals surface area contributed by atoms with Crippen LogP contribution in [0.1, 0.15) is 297 Å². The Kier molecular flexibility index (Phi) is 72.0. The zero-order valence-corrected chi connectivity index (χ0v) is 66.4. The van der Waals surface area contributed by atoms with E-state index >= 15 is 0 Å². The molecule has 0 aromatic carbocycles. The van der Waals surface area contributed by atoms with E-state index in [0.717, 1.165) is 135 Å². The van der Waals surface area contributed by atoms with Crippen LogP contribution in [0.3, 0.4) is 0 Å². The number of phosphoric ester groups is 2. The highest BCUT2D eigenvalue weighted by Crippen LogP contribution is 2.45. The predicted molar refractivity (Wildman–Crippen MR) is 427 cm³/mol. The molecular weight excluding hydrogens is 1350 g/mol. The molecule has 0 aliphatic carbocycles. The van der Waals surface area contributed by atoms with Gasteiger partial charge in [0.25, 0.3) is 0 Å². The van der Waals surface area contributed by atoms with Crippen LogP contribution in [0, 0.1) is 0 Å². The topological polar surface area (TPSA) is 237 Å². The summed E-state index contributed by atoms with van der Waals surface area (Å²) in [5.74, 6) is -2.36. The van der Waals surface area contributed by atoms with Crippen LogP contribution >= 0.6 is 15.6 Å². The van der Waals surface area contributed by atoms with E-state index in [1.165, 1.54) is 70.6 Å². The molecule has 0 aliphatic heterocycles. The summed E-state index contributed by atoms with van der Waals surface area (Å²) in [5.41, 5.74) is 0. The molecule has 0 saturated heterocycles. The second-order valence-electron chi connectivity index (χ2n) is 25.9. The van der Waals surface area contributed by atoms with Crippen LogP contribution in [0.15, 0.2) is 158 Å². The lowest BCUT2D eigenvalue weighted by Crippen LogP contribution is -2.30. The minimum Gasteiger partial charge on any atom is -0.462 e. The van der Waals surface area contributed by atoms with Crippen molar-refractivity contribution in [1.82, 2.24) is 0 Å². The molecule has 5 unspecified atom stereocenters. The predicted octanol–water partition coefficient (Wildman–Crippen LogP) is 23.2. The van der Waals surface area contributed by atoms with Crippen molar-refractivity contribution in [2.45, 2.75) is 316 Å². The summed E-state index contributed by atoms with van der Waals surface area (Å²) in [6.45, 7) is 4.45. The van der Waals surface area contributed by atoms with Gasteiger partial charge in [-0.1, -0.05) is 295 Å². The molecular formula is C85H140O17P2. The average Bonchev–Trinajstić information content (AvgIpc) is 0.911. The zero-order valence-electron chi connectivity index (χ0n) is 64.6. The van der Waals surface area contributed by atoms with E-state index in [2.05, 4.69) is 155 Å². The number of aliphatic hydroxyl groups excluding tert-OH is 1. The minimum atomic E-state index is -5.01. The van der Waals surface area contributed by atoms with E-state index in [1.54, 1.807) is 0 Å². The molecule has 0 radical (unpaired) electrons. The number of hydrogen-bond acceptors (Lipinski definition) is 15. The standard InChI is InChI=1S/C85H140O17P2/c1-5-9-13-17-21-25-29-33-36-38-39-41-43-47-50-54-58-62-66-70-83(88)96-76-81(102-85(90)72-68-64-60-56-52-48-44-40-37-34-30-26-22-18-14-10-6-2)78-100-104(93,94)98-74-79(86)73-97-103(91,92)99-77-80(101-84(89)71-67-63-59-55-51-45-32-28-24-20-16-12-8-4)75-95-82(87)69-65-61-57-53-49-46-42-35-31-27-23-19-15-11-7-3/h9-10,13-14,21-23,25-27,33-37,39,41-42,44,47-48,50,56,58,60,62,79-81,86H,5-8,11-12,15-20,24,28-32,38,40,43,45-46,49,51-55,57,59,61,63-78H2,1-4H3,(H,91,92)(H,93,94)/b13-9-,14-10-,25-21-,26-22-,27-23-,36-33-,37-34-,41-39-,42-35-,48-44-,50-47-,60-56-,62-58-. The molecule has 17 nitrogen and oxygen atoms in total. The Balaban J connectivity index is 5.49. The summed E-state index contributed by atoms with van der Waals surface area (Å²) in [4.78, 5) is 72.9. The molecule has 0 aromatic rings. The summed E-state index contributed by atoms with van der Waals surface area (Å²) in [6, 6.07) is 0. The van der Waals surface area contributed by atoms with E-state index < -0.39 is 97.5 Å². The summed E-state index contributed by atoms with van der Waals surface area (Å²) in [6.07, 6.45) is 88.2. The van der Waals surface area contributed by atoms with Crippen molar-refractivity contribution in [1.29, 1.82) is 0 Å². The number of ether oxygens (including phenoxy) is 4. The van der Waals surface area contributed by atoms with Gasteiger partial charge >= 0.3 is 39.5 Å². The van der Waals surface area contributed by atoms with Crippen molar-refractivity contribution in [3.05, 3.63) is 158 Å². The summed E-state index contributed by atoms with van der Waals surface area (Å²) in [5, 5.41) is 10.6. The first-order chi connectivity index (χ1) is 50.7. The molecule has 0 heterocycles. The fourth-order valence-electron chi connectivity index (χ4n) is 10.0. The zero-order chi connectivity index (χ0) is 76.0. The van der Waals surface area contributed by atoms with E-state index in [1.807, 2.05) is 30.4 Å². The Morgan fingerprint density at radius 2 is 0.529 bits per heavy atom. The molecule has 0 saturated carbocycles. The van der Waals surface area contributed by atoms with Gasteiger partial charge < -0.3 is 33.8 Å². The number of phosphoric acid groups is 2. The number of esters is 4. The number of rotatable bonds is 73. The number of allylic oxidation sites excluding steroid dienone is 26. The first-order valence-electron chi connectivity index (χ1n) is 39.7. The van der Waals surface area contributed by atoms with Crippen LogP contribution in [0.2, 0.25) is 0 Å². The van der Waals surface area contributed by atoms with Crippen molar-refractivity contribution >= 4 is 39.5 Å². The van der Waals surface area contributed by atoms with Crippen LogP contribution in [0.5, 0.6) is 0 Å². The van der Waals surface area contributed by atoms with Gasteiger partial charge in [0.2, 0.25) is 0 Å². The van der Waals surface area contributed by atoms with Gasteiger partial charge in [0, 0.05) is 25.7 Å². The fraction of sp³-hybridized carbons (Fsp3) is 0.647. The SMILES string of the molecule is CC/C=C\C/C=C\C/C=C\C/C=C\C/C=C\C/C=C\CCC(=O)OCC(COP(=O)(O)OCC(O)COP(=O)(O)OCC(COC(=O)CCCCCCC/C=C\C/C=C\CCCCC)OC(=O)CCCCCCCCCCCCCCC)OC(=O)CCC/C=C\C/C=C\C/C=C\C/C=C\C/C=C\CC. The molecule has 0 rings (SSSR count). The summed E-state index contributed by atoms with van der Waals surface area (Å²) < 4.78 is 68.4. The van der Waals surface area contributed by atoms with Gasteiger partial charge in [-0.25, -0.2) is 9.13 Å². The molecule has 0 spiro atoms. The first kappa shape index (κ1) is 98.7. The van der Waals surface area contributed by atoms with Crippen molar-refractivity contribution in [2.75, 3.05) is 39.6 Å².